The van der Waals surface area contributed by atoms with Crippen LogP contribution in [0.4, 0.5) is 4.79 Å². The standard InChI is InChI=1S/C26H33N3O3/c1-16-7-6-8-17(2)28(16)26(32)27-21(15-18-9-4-3-5-10-18)29-24(30)22-19-11-12-20(14-13-19)23(22)25(29)31/h3-5,9-12,16-17,19-23H,6-8,13-15H2,1-2H3,(H,27,32)/t16-,17+,19-,20-,21-,22-,23+/m0/s1. The van der Waals surface area contributed by atoms with Gasteiger partial charge in [0.25, 0.3) is 0 Å². The van der Waals surface area contributed by atoms with Crippen LogP contribution in [-0.2, 0) is 16.0 Å². The Labute approximate surface area is 190 Å². The molecule has 0 radical (unpaired) electrons. The molecule has 7 atom stereocenters. The summed E-state index contributed by atoms with van der Waals surface area (Å²) in [5.74, 6) is -0.480. The topological polar surface area (TPSA) is 69.7 Å². The fraction of sp³-hybridized carbons (Fsp3) is 0.577. The first-order valence-corrected chi connectivity index (χ1v) is 12.1. The second kappa shape index (κ2) is 8.38. The minimum atomic E-state index is -0.670. The third-order valence-corrected chi connectivity index (χ3v) is 8.10. The van der Waals surface area contributed by atoms with E-state index in [2.05, 4.69) is 31.3 Å². The molecular weight excluding hydrogens is 402 g/mol. The van der Waals surface area contributed by atoms with Gasteiger partial charge in [-0.25, -0.2) is 4.79 Å². The van der Waals surface area contributed by atoms with Crippen LogP contribution in [0.3, 0.4) is 0 Å². The number of allylic oxidation sites excluding steroid dienone is 2. The molecule has 2 bridgehead atoms. The molecule has 1 N–H and O–H groups in total. The van der Waals surface area contributed by atoms with E-state index >= 15 is 0 Å². The van der Waals surface area contributed by atoms with Crippen molar-refractivity contribution >= 4 is 17.8 Å². The van der Waals surface area contributed by atoms with E-state index in [-0.39, 0.29) is 53.6 Å². The maximum absolute atomic E-state index is 13.6. The van der Waals surface area contributed by atoms with Gasteiger partial charge in [-0.1, -0.05) is 42.5 Å². The fourth-order valence-electron chi connectivity index (χ4n) is 6.49. The lowest BCUT2D eigenvalue weighted by molar-refractivity contribution is -0.143. The van der Waals surface area contributed by atoms with E-state index < -0.39 is 6.17 Å². The largest absolute Gasteiger partial charge is 0.319 e. The van der Waals surface area contributed by atoms with E-state index in [4.69, 9.17) is 0 Å². The van der Waals surface area contributed by atoms with Gasteiger partial charge in [0.15, 0.2) is 0 Å². The molecule has 0 unspecified atom stereocenters. The minimum absolute atomic E-state index is 0.111. The van der Waals surface area contributed by atoms with Crippen LogP contribution >= 0.6 is 0 Å². The van der Waals surface area contributed by atoms with E-state index in [0.717, 1.165) is 37.7 Å². The Kier molecular flexibility index (Phi) is 5.56. The number of benzene rings is 1. The number of imide groups is 1. The molecule has 6 rings (SSSR count). The third kappa shape index (κ3) is 3.54. The van der Waals surface area contributed by atoms with Crippen LogP contribution in [0, 0.1) is 23.7 Å². The highest BCUT2D eigenvalue weighted by molar-refractivity contribution is 6.06. The SMILES string of the molecule is C[C@@H]1CCC[C@H](C)N1C(=O)N[C@H](Cc1ccccc1)N1C(=O)[C@@H]2[C@H](C1=O)[C@H]1C=C[C@H]2CC1. The van der Waals surface area contributed by atoms with Gasteiger partial charge in [-0.2, -0.15) is 0 Å². The molecule has 3 aliphatic carbocycles. The molecule has 0 spiro atoms. The Hall–Kier alpha value is -2.63. The van der Waals surface area contributed by atoms with Crippen molar-refractivity contribution in [1.82, 2.24) is 15.1 Å². The smallest absolute Gasteiger partial charge is 0.319 e. The monoisotopic (exact) mass is 435 g/mol. The van der Waals surface area contributed by atoms with E-state index in [1.807, 2.05) is 35.2 Å². The van der Waals surface area contributed by atoms with Crippen LogP contribution in [0.15, 0.2) is 42.5 Å². The lowest BCUT2D eigenvalue weighted by Crippen LogP contribution is -2.59. The van der Waals surface area contributed by atoms with Gasteiger partial charge in [0.2, 0.25) is 11.8 Å². The summed E-state index contributed by atoms with van der Waals surface area (Å²) in [7, 11) is 0. The Balaban J connectivity index is 1.43. The zero-order chi connectivity index (χ0) is 22.4. The number of likely N-dealkylation sites (tertiary alicyclic amines) is 2. The van der Waals surface area contributed by atoms with Gasteiger partial charge >= 0.3 is 6.03 Å². The van der Waals surface area contributed by atoms with Gasteiger partial charge in [-0.05, 0) is 63.4 Å². The van der Waals surface area contributed by atoms with Crippen LogP contribution in [-0.4, -0.2) is 45.9 Å². The molecule has 5 aliphatic rings. The molecule has 1 aromatic rings. The van der Waals surface area contributed by atoms with Crippen LogP contribution < -0.4 is 5.32 Å². The molecule has 170 valence electrons. The zero-order valence-corrected chi connectivity index (χ0v) is 18.9. The number of hydrogen-bond acceptors (Lipinski definition) is 3. The van der Waals surface area contributed by atoms with Gasteiger partial charge in [-0.3, -0.25) is 14.5 Å². The van der Waals surface area contributed by atoms with Crippen molar-refractivity contribution in [2.24, 2.45) is 23.7 Å². The highest BCUT2D eigenvalue weighted by Crippen LogP contribution is 2.50. The van der Waals surface area contributed by atoms with E-state index in [1.54, 1.807) is 0 Å². The molecule has 0 aromatic heterocycles. The number of nitrogens with zero attached hydrogens (tertiary/aromatic N) is 2. The molecule has 1 aromatic carbocycles. The Morgan fingerprint density at radius 1 is 0.938 bits per heavy atom. The van der Waals surface area contributed by atoms with Gasteiger partial charge in [0, 0.05) is 18.5 Å². The number of carbonyl (C=O) groups excluding carboxylic acids is 3. The van der Waals surface area contributed by atoms with Crippen LogP contribution in [0.2, 0.25) is 0 Å². The highest BCUT2D eigenvalue weighted by Gasteiger charge is 2.58. The average Bonchev–Trinajstić information content (AvgIpc) is 3.07. The van der Waals surface area contributed by atoms with E-state index in [9.17, 15) is 14.4 Å². The summed E-state index contributed by atoms with van der Waals surface area (Å²) in [6, 6.07) is 9.90. The van der Waals surface area contributed by atoms with Crippen LogP contribution in [0.25, 0.3) is 0 Å². The lowest BCUT2D eigenvalue weighted by atomic mass is 9.63. The second-order valence-corrected chi connectivity index (χ2v) is 10.1. The first-order chi connectivity index (χ1) is 15.5. The van der Waals surface area contributed by atoms with Gasteiger partial charge in [0.1, 0.15) is 6.17 Å². The molecule has 2 aliphatic heterocycles. The molecule has 2 heterocycles. The molecule has 32 heavy (non-hydrogen) atoms. The van der Waals surface area contributed by atoms with Crippen molar-refractivity contribution in [3.63, 3.8) is 0 Å². The summed E-state index contributed by atoms with van der Waals surface area (Å²) in [5, 5.41) is 3.11. The van der Waals surface area contributed by atoms with E-state index in [1.165, 1.54) is 4.90 Å². The maximum atomic E-state index is 13.6. The Morgan fingerprint density at radius 3 is 2.03 bits per heavy atom. The van der Waals surface area contributed by atoms with Crippen molar-refractivity contribution in [2.75, 3.05) is 0 Å². The maximum Gasteiger partial charge on any atom is 0.319 e. The van der Waals surface area contributed by atoms with E-state index in [0.29, 0.717) is 6.42 Å². The third-order valence-electron chi connectivity index (χ3n) is 8.10. The summed E-state index contributed by atoms with van der Waals surface area (Å²) < 4.78 is 0. The Bertz CT molecular complexity index is 888. The summed E-state index contributed by atoms with van der Waals surface area (Å²) in [6.07, 6.45) is 9.00. The molecule has 6 nitrogen and oxygen atoms in total. The number of piperidine rings is 1. The number of urea groups is 1. The normalized spacial score (nSPS) is 34.6. The first kappa shape index (κ1) is 21.2. The van der Waals surface area contributed by atoms with Crippen molar-refractivity contribution in [3.8, 4) is 0 Å². The van der Waals surface area contributed by atoms with Crippen molar-refractivity contribution < 1.29 is 14.4 Å². The zero-order valence-electron chi connectivity index (χ0n) is 18.9. The van der Waals surface area contributed by atoms with Gasteiger partial charge < -0.3 is 10.2 Å². The van der Waals surface area contributed by atoms with Crippen molar-refractivity contribution in [3.05, 3.63) is 48.0 Å². The number of carbonyl (C=O) groups is 3. The fourth-order valence-corrected chi connectivity index (χ4v) is 6.49. The second-order valence-electron chi connectivity index (χ2n) is 10.1. The quantitative estimate of drug-likeness (QED) is 0.579. The molecule has 6 heteroatoms. The van der Waals surface area contributed by atoms with Gasteiger partial charge in [-0.15, -0.1) is 0 Å². The molecular formula is C26H33N3O3. The summed E-state index contributed by atoms with van der Waals surface area (Å²) in [4.78, 5) is 43.8. The van der Waals surface area contributed by atoms with Crippen molar-refractivity contribution in [1.29, 1.82) is 0 Å². The lowest BCUT2D eigenvalue weighted by Gasteiger charge is -2.40. The number of hydrogen-bond donors (Lipinski definition) is 1. The number of rotatable bonds is 4. The molecule has 1 saturated carbocycles. The van der Waals surface area contributed by atoms with Crippen LogP contribution in [0.5, 0.6) is 0 Å². The van der Waals surface area contributed by atoms with Crippen LogP contribution in [0.1, 0.15) is 51.5 Å². The average molecular weight is 436 g/mol. The predicted molar refractivity (Wildman–Crippen MR) is 121 cm³/mol. The predicted octanol–water partition coefficient (Wildman–Crippen LogP) is 3.72. The van der Waals surface area contributed by atoms with Crippen molar-refractivity contribution in [2.45, 2.75) is 70.6 Å². The summed E-state index contributed by atoms with van der Waals surface area (Å²) in [5.41, 5.74) is 0.995. The number of nitrogens with one attached hydrogen (secondary N) is 1. The van der Waals surface area contributed by atoms with Gasteiger partial charge in [0.05, 0.1) is 11.8 Å². The highest BCUT2D eigenvalue weighted by atomic mass is 16.2. The molecule has 4 amide bonds. The number of fused-ring (bicyclic) bond motifs is 1. The molecule has 3 fully saturated rings. The minimum Gasteiger partial charge on any atom is -0.319 e. The Morgan fingerprint density at radius 2 is 1.50 bits per heavy atom. The summed E-state index contributed by atoms with van der Waals surface area (Å²) >= 11 is 0. The number of amides is 4. The molecule has 2 saturated heterocycles. The summed E-state index contributed by atoms with van der Waals surface area (Å²) in [6.45, 7) is 4.15. The first-order valence-electron chi connectivity index (χ1n) is 12.1.